The lowest BCUT2D eigenvalue weighted by Crippen LogP contribution is -2.32. The molecule has 0 saturated heterocycles. The van der Waals surface area contributed by atoms with Gasteiger partial charge in [0, 0.05) is 12.1 Å². The maximum absolute atomic E-state index is 13.2. The van der Waals surface area contributed by atoms with Crippen LogP contribution in [0.3, 0.4) is 0 Å². The highest BCUT2D eigenvalue weighted by atomic mass is 32.2. The second-order valence-electron chi connectivity index (χ2n) is 3.55. The van der Waals surface area contributed by atoms with E-state index in [-0.39, 0.29) is 5.69 Å². The van der Waals surface area contributed by atoms with Crippen LogP contribution >= 0.6 is 0 Å². The van der Waals surface area contributed by atoms with E-state index in [1.165, 1.54) is 0 Å². The predicted molar refractivity (Wildman–Crippen MR) is 62.7 cm³/mol. The lowest BCUT2D eigenvalue weighted by atomic mass is 10.3. The van der Waals surface area contributed by atoms with E-state index in [4.69, 9.17) is 5.11 Å². The van der Waals surface area contributed by atoms with Gasteiger partial charge in [0.2, 0.25) is 15.8 Å². The lowest BCUT2D eigenvalue weighted by molar-refractivity contribution is -0.387. The molecule has 0 spiro atoms. The number of benzene rings is 1. The number of nitrogens with one attached hydrogen (secondary N) is 1. The van der Waals surface area contributed by atoms with E-state index in [0.717, 1.165) is 19.1 Å². The number of nitro groups is 1. The molecule has 0 aromatic heterocycles. The van der Waals surface area contributed by atoms with Crippen LogP contribution in [0.25, 0.3) is 0 Å². The van der Waals surface area contributed by atoms with Crippen LogP contribution < -0.4 is 4.72 Å². The summed E-state index contributed by atoms with van der Waals surface area (Å²) in [6, 6.07) is 2.34. The number of anilines is 1. The Morgan fingerprint density at radius 1 is 1.53 bits per heavy atom. The van der Waals surface area contributed by atoms with E-state index in [9.17, 15) is 27.7 Å². The van der Waals surface area contributed by atoms with E-state index in [1.54, 1.807) is 0 Å². The Kier molecular flexibility index (Phi) is 4.04. The summed E-state index contributed by atoms with van der Waals surface area (Å²) in [7, 11) is -4.25. The number of halogens is 1. The fraction of sp³-hybridized carbons (Fsp3) is 0.222. The summed E-state index contributed by atoms with van der Waals surface area (Å²) in [4.78, 5) is 20.0. The molecule has 1 rings (SSSR count). The number of aliphatic carboxylic acids is 1. The SMILES string of the molecule is CC(C(=O)O)S(=O)(=O)Nc1ccc([N+](=O)[O-])c(F)c1. The topological polar surface area (TPSA) is 127 Å². The Morgan fingerprint density at radius 3 is 2.53 bits per heavy atom. The normalized spacial score (nSPS) is 12.7. The van der Waals surface area contributed by atoms with E-state index < -0.39 is 37.7 Å². The maximum Gasteiger partial charge on any atom is 0.323 e. The van der Waals surface area contributed by atoms with E-state index >= 15 is 0 Å². The third kappa shape index (κ3) is 3.37. The molecule has 1 aromatic rings. The van der Waals surface area contributed by atoms with Gasteiger partial charge in [0.25, 0.3) is 0 Å². The Balaban J connectivity index is 3.05. The molecule has 1 unspecified atom stereocenters. The fourth-order valence-corrected chi connectivity index (χ4v) is 2.00. The number of hydrogen-bond donors (Lipinski definition) is 2. The van der Waals surface area contributed by atoms with Crippen LogP contribution in [-0.2, 0) is 14.8 Å². The highest BCUT2D eigenvalue weighted by Crippen LogP contribution is 2.22. The molecule has 10 heteroatoms. The zero-order valence-electron chi connectivity index (χ0n) is 9.53. The first-order valence-electron chi connectivity index (χ1n) is 4.83. The molecule has 0 radical (unpaired) electrons. The Bertz CT molecular complexity index is 630. The van der Waals surface area contributed by atoms with Crippen molar-refractivity contribution >= 4 is 27.4 Å². The fourth-order valence-electron chi connectivity index (χ4n) is 1.10. The Labute approximate surface area is 107 Å². The van der Waals surface area contributed by atoms with Gasteiger partial charge in [0.1, 0.15) is 0 Å². The van der Waals surface area contributed by atoms with Crippen LogP contribution in [0.5, 0.6) is 0 Å². The van der Waals surface area contributed by atoms with Gasteiger partial charge in [-0.2, -0.15) is 4.39 Å². The summed E-state index contributed by atoms with van der Waals surface area (Å²) in [6.45, 7) is 0.937. The average Bonchev–Trinajstić information content (AvgIpc) is 2.26. The number of rotatable bonds is 5. The minimum absolute atomic E-state index is 0.295. The van der Waals surface area contributed by atoms with Crippen molar-refractivity contribution in [3.63, 3.8) is 0 Å². The molecule has 0 bridgehead atoms. The molecule has 0 aliphatic heterocycles. The van der Waals surface area contributed by atoms with Gasteiger partial charge in [0.15, 0.2) is 5.25 Å². The number of carboxylic acid groups (broad SMARTS) is 1. The lowest BCUT2D eigenvalue weighted by Gasteiger charge is -2.11. The summed E-state index contributed by atoms with van der Waals surface area (Å²) < 4.78 is 38.1. The van der Waals surface area contributed by atoms with Crippen molar-refractivity contribution in [3.05, 3.63) is 34.1 Å². The van der Waals surface area contributed by atoms with Crippen molar-refractivity contribution in [3.8, 4) is 0 Å². The van der Waals surface area contributed by atoms with E-state index in [1.807, 2.05) is 4.72 Å². The predicted octanol–water partition coefficient (Wildman–Crippen LogP) is 0.949. The molecule has 0 aliphatic carbocycles. The van der Waals surface area contributed by atoms with Crippen molar-refractivity contribution in [2.24, 2.45) is 0 Å². The highest BCUT2D eigenvalue weighted by Gasteiger charge is 2.28. The zero-order valence-corrected chi connectivity index (χ0v) is 10.3. The van der Waals surface area contributed by atoms with Gasteiger partial charge in [-0.25, -0.2) is 8.42 Å². The summed E-state index contributed by atoms with van der Waals surface area (Å²) in [6.07, 6.45) is 0. The molecule has 0 fully saturated rings. The third-order valence-corrected chi connectivity index (χ3v) is 3.87. The highest BCUT2D eigenvalue weighted by molar-refractivity contribution is 7.94. The number of nitrogens with zero attached hydrogens (tertiary/aromatic N) is 1. The van der Waals surface area contributed by atoms with Gasteiger partial charge in [-0.05, 0) is 13.0 Å². The number of carboxylic acids is 1. The van der Waals surface area contributed by atoms with Crippen molar-refractivity contribution in [1.29, 1.82) is 0 Å². The quantitative estimate of drug-likeness (QED) is 0.614. The molecule has 19 heavy (non-hydrogen) atoms. The minimum atomic E-state index is -4.25. The summed E-state index contributed by atoms with van der Waals surface area (Å²) >= 11 is 0. The minimum Gasteiger partial charge on any atom is -0.480 e. The summed E-state index contributed by atoms with van der Waals surface area (Å²) in [5, 5.41) is 17.2. The van der Waals surface area contributed by atoms with Crippen LogP contribution in [-0.4, -0.2) is 29.7 Å². The monoisotopic (exact) mass is 292 g/mol. The van der Waals surface area contributed by atoms with Crippen LogP contribution in [0.2, 0.25) is 0 Å². The van der Waals surface area contributed by atoms with Gasteiger partial charge in [-0.3, -0.25) is 19.6 Å². The number of carbonyl (C=O) groups is 1. The number of nitro benzene ring substituents is 1. The van der Waals surface area contributed by atoms with Gasteiger partial charge in [-0.15, -0.1) is 0 Å². The molecule has 0 saturated carbocycles. The molecule has 8 nitrogen and oxygen atoms in total. The first kappa shape index (κ1) is 14.8. The largest absolute Gasteiger partial charge is 0.480 e. The number of sulfonamides is 1. The Hall–Kier alpha value is -2.23. The molecule has 1 atom stereocenters. The van der Waals surface area contributed by atoms with Crippen LogP contribution in [0.15, 0.2) is 18.2 Å². The molecule has 0 amide bonds. The van der Waals surface area contributed by atoms with Gasteiger partial charge in [0.05, 0.1) is 10.6 Å². The van der Waals surface area contributed by atoms with Crippen LogP contribution in [0.1, 0.15) is 6.92 Å². The molecule has 104 valence electrons. The summed E-state index contributed by atoms with van der Waals surface area (Å²) in [5.74, 6) is -2.80. The van der Waals surface area contributed by atoms with E-state index in [0.29, 0.717) is 6.07 Å². The maximum atomic E-state index is 13.2. The smallest absolute Gasteiger partial charge is 0.323 e. The summed E-state index contributed by atoms with van der Waals surface area (Å²) in [5.41, 5.74) is -1.11. The average molecular weight is 292 g/mol. The van der Waals surface area contributed by atoms with Gasteiger partial charge < -0.3 is 5.11 Å². The van der Waals surface area contributed by atoms with Gasteiger partial charge in [-0.1, -0.05) is 0 Å². The van der Waals surface area contributed by atoms with Crippen molar-refractivity contribution in [1.82, 2.24) is 0 Å². The number of hydrogen-bond acceptors (Lipinski definition) is 5. The second kappa shape index (κ2) is 5.18. The van der Waals surface area contributed by atoms with Crippen molar-refractivity contribution in [2.75, 3.05) is 4.72 Å². The first-order chi connectivity index (χ1) is 8.65. The first-order valence-corrected chi connectivity index (χ1v) is 6.38. The molecule has 1 aromatic carbocycles. The molecule has 0 aliphatic rings. The third-order valence-electron chi connectivity index (χ3n) is 2.22. The van der Waals surface area contributed by atoms with Crippen molar-refractivity contribution < 1.29 is 27.6 Å². The van der Waals surface area contributed by atoms with E-state index in [2.05, 4.69) is 0 Å². The van der Waals surface area contributed by atoms with Crippen molar-refractivity contribution in [2.45, 2.75) is 12.2 Å². The van der Waals surface area contributed by atoms with Crippen LogP contribution in [0.4, 0.5) is 15.8 Å². The molecule has 0 heterocycles. The standard InChI is InChI=1S/C9H9FN2O6S/c1-5(9(13)14)19(17,18)11-6-2-3-8(12(15)16)7(10)4-6/h2-5,11H,1H3,(H,13,14). The molecular formula is C9H9FN2O6S. The second-order valence-corrected chi connectivity index (χ2v) is 5.55. The molecular weight excluding hydrogens is 283 g/mol. The molecule has 2 N–H and O–H groups in total. The van der Waals surface area contributed by atoms with Gasteiger partial charge >= 0.3 is 11.7 Å². The van der Waals surface area contributed by atoms with Crippen LogP contribution in [0, 0.1) is 15.9 Å². The Morgan fingerprint density at radius 2 is 2.11 bits per heavy atom. The zero-order chi connectivity index (χ0) is 14.8.